The maximum Gasteiger partial charge on any atom is 0.255 e. The van der Waals surface area contributed by atoms with Crippen LogP contribution in [0.15, 0.2) is 18.2 Å². The highest BCUT2D eigenvalue weighted by atomic mass is 35.5. The fourth-order valence-electron chi connectivity index (χ4n) is 2.77. The molecule has 0 N–H and O–H groups in total. The number of halogens is 2. The summed E-state index contributed by atoms with van der Waals surface area (Å²) in [6, 6.07) is 3.94. The molecule has 0 atom stereocenters. The van der Waals surface area contributed by atoms with Gasteiger partial charge in [-0.1, -0.05) is 37.8 Å². The number of piperazine rings is 1. The third-order valence-electron chi connectivity index (χ3n) is 4.15. The van der Waals surface area contributed by atoms with Crippen molar-refractivity contribution < 1.29 is 9.18 Å². The third kappa shape index (κ3) is 4.68. The van der Waals surface area contributed by atoms with Crippen LogP contribution in [0, 0.1) is 5.82 Å². The average Bonchev–Trinajstić information content (AvgIpc) is 2.52. The van der Waals surface area contributed by atoms with E-state index in [1.807, 2.05) is 4.90 Å². The van der Waals surface area contributed by atoms with Crippen LogP contribution in [0.2, 0.25) is 5.02 Å². The normalized spacial score (nSPS) is 16.0. The Kier molecular flexibility index (Phi) is 6.65. The number of hydrogen-bond donors (Lipinski definition) is 0. The number of hydrogen-bond acceptors (Lipinski definition) is 2. The van der Waals surface area contributed by atoms with Gasteiger partial charge in [0.2, 0.25) is 0 Å². The van der Waals surface area contributed by atoms with Gasteiger partial charge in [0.15, 0.2) is 0 Å². The van der Waals surface area contributed by atoms with Crippen LogP contribution in [-0.4, -0.2) is 48.4 Å². The molecule has 0 saturated carbocycles. The molecule has 2 rings (SSSR count). The van der Waals surface area contributed by atoms with Gasteiger partial charge < -0.3 is 4.90 Å². The molecule has 0 aliphatic carbocycles. The van der Waals surface area contributed by atoms with Gasteiger partial charge in [-0.15, -0.1) is 0 Å². The maximum atomic E-state index is 13.1. The summed E-state index contributed by atoms with van der Waals surface area (Å²) in [6.07, 6.45) is 5.05. The lowest BCUT2D eigenvalue weighted by Gasteiger charge is -2.35. The quantitative estimate of drug-likeness (QED) is 0.742. The molecule has 1 aromatic carbocycles. The van der Waals surface area contributed by atoms with Crippen molar-refractivity contribution in [1.82, 2.24) is 9.80 Å². The average molecular weight is 327 g/mol. The second-order valence-corrected chi connectivity index (χ2v) is 6.23. The number of unbranched alkanes of at least 4 members (excludes halogenated alkanes) is 3. The third-order valence-corrected chi connectivity index (χ3v) is 4.46. The van der Waals surface area contributed by atoms with Gasteiger partial charge >= 0.3 is 0 Å². The lowest BCUT2D eigenvalue weighted by molar-refractivity contribution is 0.0635. The van der Waals surface area contributed by atoms with Crippen molar-refractivity contribution in [2.75, 3.05) is 32.7 Å². The zero-order chi connectivity index (χ0) is 15.9. The molecule has 1 saturated heterocycles. The molecule has 1 amide bonds. The summed E-state index contributed by atoms with van der Waals surface area (Å²) in [5.74, 6) is -0.519. The second kappa shape index (κ2) is 8.49. The van der Waals surface area contributed by atoms with Crippen molar-refractivity contribution in [3.63, 3.8) is 0 Å². The molecule has 1 fully saturated rings. The number of carbonyl (C=O) groups is 1. The fraction of sp³-hybridized carbons (Fsp3) is 0.588. The molecule has 1 aliphatic heterocycles. The molecule has 3 nitrogen and oxygen atoms in total. The van der Waals surface area contributed by atoms with Gasteiger partial charge in [-0.2, -0.15) is 0 Å². The lowest BCUT2D eigenvalue weighted by Crippen LogP contribution is -2.48. The van der Waals surface area contributed by atoms with Crippen molar-refractivity contribution in [3.05, 3.63) is 34.6 Å². The summed E-state index contributed by atoms with van der Waals surface area (Å²) < 4.78 is 13.1. The Morgan fingerprint density at radius 2 is 1.91 bits per heavy atom. The van der Waals surface area contributed by atoms with Gasteiger partial charge in [0.05, 0.1) is 10.6 Å². The zero-order valence-corrected chi connectivity index (χ0v) is 13.9. The van der Waals surface area contributed by atoms with E-state index in [4.69, 9.17) is 11.6 Å². The van der Waals surface area contributed by atoms with Gasteiger partial charge in [-0.3, -0.25) is 9.69 Å². The Labute approximate surface area is 137 Å². The number of amides is 1. The molecule has 5 heteroatoms. The van der Waals surface area contributed by atoms with Gasteiger partial charge in [-0.25, -0.2) is 4.39 Å². The van der Waals surface area contributed by atoms with Crippen molar-refractivity contribution in [3.8, 4) is 0 Å². The molecule has 0 radical (unpaired) electrons. The predicted molar refractivity (Wildman–Crippen MR) is 87.9 cm³/mol. The van der Waals surface area contributed by atoms with E-state index in [9.17, 15) is 9.18 Å². The van der Waals surface area contributed by atoms with E-state index in [2.05, 4.69) is 11.8 Å². The Balaban J connectivity index is 1.82. The van der Waals surface area contributed by atoms with Crippen molar-refractivity contribution in [2.24, 2.45) is 0 Å². The first kappa shape index (κ1) is 17.2. The Bertz CT molecular complexity index is 501. The number of rotatable bonds is 6. The van der Waals surface area contributed by atoms with E-state index >= 15 is 0 Å². The number of carbonyl (C=O) groups excluding carboxylic acids is 1. The largest absolute Gasteiger partial charge is 0.336 e. The molecule has 0 aromatic heterocycles. The summed E-state index contributed by atoms with van der Waals surface area (Å²) in [5.41, 5.74) is 0.388. The van der Waals surface area contributed by atoms with E-state index < -0.39 is 5.82 Å². The molecule has 0 bridgehead atoms. The fourth-order valence-corrected chi connectivity index (χ4v) is 3.02. The standard InChI is InChI=1S/C17H24ClFN2O/c1-2-3-4-5-8-20-9-11-21(12-10-20)17(22)15-7-6-14(19)13-16(15)18/h6-7,13H,2-5,8-12H2,1H3. The highest BCUT2D eigenvalue weighted by molar-refractivity contribution is 6.33. The molecular weight excluding hydrogens is 303 g/mol. The highest BCUT2D eigenvalue weighted by Crippen LogP contribution is 2.20. The minimum absolute atomic E-state index is 0.101. The van der Waals surface area contributed by atoms with Crippen LogP contribution < -0.4 is 0 Å². The molecule has 1 aliphatic rings. The molecule has 1 aromatic rings. The number of benzene rings is 1. The van der Waals surface area contributed by atoms with E-state index in [0.29, 0.717) is 18.7 Å². The Morgan fingerprint density at radius 3 is 2.55 bits per heavy atom. The summed E-state index contributed by atoms with van der Waals surface area (Å²) in [4.78, 5) is 16.7. The Hall–Kier alpha value is -1.13. The predicted octanol–water partition coefficient (Wildman–Crippen LogP) is 3.82. The first-order valence-electron chi connectivity index (χ1n) is 8.08. The van der Waals surface area contributed by atoms with E-state index in [1.54, 1.807) is 0 Å². The zero-order valence-electron chi connectivity index (χ0n) is 13.2. The van der Waals surface area contributed by atoms with Crippen LogP contribution in [0.1, 0.15) is 43.0 Å². The molecule has 122 valence electrons. The van der Waals surface area contributed by atoms with E-state index in [0.717, 1.165) is 19.6 Å². The van der Waals surface area contributed by atoms with Gasteiger partial charge in [0.25, 0.3) is 5.91 Å². The van der Waals surface area contributed by atoms with Crippen LogP contribution in [0.3, 0.4) is 0 Å². The minimum atomic E-state index is -0.418. The summed E-state index contributed by atoms with van der Waals surface area (Å²) in [5, 5.41) is 0.187. The van der Waals surface area contributed by atoms with Crippen LogP contribution in [-0.2, 0) is 0 Å². The highest BCUT2D eigenvalue weighted by Gasteiger charge is 2.23. The van der Waals surface area contributed by atoms with E-state index in [-0.39, 0.29) is 10.9 Å². The van der Waals surface area contributed by atoms with Crippen LogP contribution >= 0.6 is 11.6 Å². The van der Waals surface area contributed by atoms with Crippen LogP contribution in [0.25, 0.3) is 0 Å². The monoisotopic (exact) mass is 326 g/mol. The SMILES string of the molecule is CCCCCCN1CCN(C(=O)c2ccc(F)cc2Cl)CC1. The summed E-state index contributed by atoms with van der Waals surface area (Å²) in [6.45, 7) is 6.54. The first-order chi connectivity index (χ1) is 10.6. The Morgan fingerprint density at radius 1 is 1.18 bits per heavy atom. The molecule has 0 spiro atoms. The molecule has 0 unspecified atom stereocenters. The van der Waals surface area contributed by atoms with Gasteiger partial charge in [0, 0.05) is 26.2 Å². The van der Waals surface area contributed by atoms with Crippen molar-refractivity contribution >= 4 is 17.5 Å². The second-order valence-electron chi connectivity index (χ2n) is 5.82. The summed E-state index contributed by atoms with van der Waals surface area (Å²) in [7, 11) is 0. The van der Waals surface area contributed by atoms with Gasteiger partial charge in [-0.05, 0) is 31.2 Å². The number of nitrogens with zero attached hydrogens (tertiary/aromatic N) is 2. The maximum absolute atomic E-state index is 13.1. The summed E-state index contributed by atoms with van der Waals surface area (Å²) >= 11 is 5.97. The molecule has 1 heterocycles. The lowest BCUT2D eigenvalue weighted by atomic mass is 10.1. The van der Waals surface area contributed by atoms with Crippen molar-refractivity contribution in [2.45, 2.75) is 32.6 Å². The molecular formula is C17H24ClFN2O. The first-order valence-corrected chi connectivity index (χ1v) is 8.46. The van der Waals surface area contributed by atoms with Crippen molar-refractivity contribution in [1.29, 1.82) is 0 Å². The smallest absolute Gasteiger partial charge is 0.255 e. The van der Waals surface area contributed by atoms with Crippen LogP contribution in [0.4, 0.5) is 4.39 Å². The van der Waals surface area contributed by atoms with E-state index in [1.165, 1.54) is 43.9 Å². The van der Waals surface area contributed by atoms with Crippen LogP contribution in [0.5, 0.6) is 0 Å². The minimum Gasteiger partial charge on any atom is -0.336 e. The molecule has 22 heavy (non-hydrogen) atoms. The topological polar surface area (TPSA) is 23.6 Å². The van der Waals surface area contributed by atoms with Gasteiger partial charge in [0.1, 0.15) is 5.82 Å².